The van der Waals surface area contributed by atoms with Gasteiger partial charge in [0.15, 0.2) is 0 Å². The normalized spacial score (nSPS) is 12.5. The Balaban J connectivity index is 0.000000260. The number of halogens is 1. The van der Waals surface area contributed by atoms with Crippen LogP contribution in [0.3, 0.4) is 0 Å². The maximum Gasteiger partial charge on any atom is 0.120 e. The molecule has 0 amide bonds. The molecule has 0 spiro atoms. The first-order chi connectivity index (χ1) is 22.1. The molecule has 3 nitrogen and oxygen atoms in total. The Morgan fingerprint density at radius 3 is 2.37 bits per heavy atom. The number of rotatable bonds is 5. The van der Waals surface area contributed by atoms with E-state index in [1.807, 2.05) is 60.7 Å². The Morgan fingerprint density at radius 1 is 0.837 bits per heavy atom. The van der Waals surface area contributed by atoms with Gasteiger partial charge in [-0.15, -0.1) is 48.0 Å². The standard InChI is InChI=1S/C27H22NO.C11H7FN.Ir/c1-18(2)16-19-10-12-20(13-11-19)21-14-15-28-25(17-21)24-8-5-7-23-22-6-3-4-9-26(22)29-27(23)24;12-10-6-4-9(5-7-10)11-3-1-2-8-13-11;/h3-7,9-15,17-18H,16H2,1-2H3;1-4,6-8H;/q2*-1;/i12D,13D,16D2;;. The molecule has 1 radical (unpaired) electrons. The number of fused-ring (bicyclic) bond motifs is 3. The molecule has 0 aliphatic rings. The number of hydrogen-bond acceptors (Lipinski definition) is 3. The van der Waals surface area contributed by atoms with Gasteiger partial charge in [-0.25, -0.2) is 0 Å². The third-order valence-corrected chi connectivity index (χ3v) is 6.56. The van der Waals surface area contributed by atoms with E-state index in [1.54, 1.807) is 38.4 Å². The first-order valence-electron chi connectivity index (χ1n) is 15.6. The molecule has 0 N–H and O–H groups in total. The van der Waals surface area contributed by atoms with Crippen LogP contribution in [-0.4, -0.2) is 9.97 Å². The van der Waals surface area contributed by atoms with Gasteiger partial charge in [0.05, 0.1) is 8.32 Å². The molecule has 3 heterocycles. The van der Waals surface area contributed by atoms with Gasteiger partial charge in [-0.05, 0) is 58.6 Å². The molecule has 0 saturated heterocycles. The van der Waals surface area contributed by atoms with E-state index >= 15 is 0 Å². The van der Waals surface area contributed by atoms with Crippen LogP contribution in [0.15, 0.2) is 126 Å². The van der Waals surface area contributed by atoms with Crippen molar-refractivity contribution in [3.05, 3.63) is 145 Å². The number of pyridine rings is 2. The summed E-state index contributed by atoms with van der Waals surface area (Å²) in [4.78, 5) is 8.65. The van der Waals surface area contributed by atoms with Gasteiger partial charge in [0.2, 0.25) is 0 Å². The maximum atomic E-state index is 12.6. The second kappa shape index (κ2) is 13.7. The van der Waals surface area contributed by atoms with Crippen molar-refractivity contribution < 1.29 is 34.4 Å². The van der Waals surface area contributed by atoms with Crippen LogP contribution >= 0.6 is 0 Å². The van der Waals surface area contributed by atoms with Crippen molar-refractivity contribution in [2.24, 2.45) is 5.92 Å². The SMILES string of the molecule is Fc1c[c-]c(-c2ccccn2)cc1.[2H]c1cc(C([2H])([2H])C(C)C)cc([2H])c1-c1ccnc(-c2[c-]ccc3c2oc2ccccc23)c1.[Ir]. The number of hydrogen-bond donors (Lipinski definition) is 0. The number of aromatic nitrogens is 2. The van der Waals surface area contributed by atoms with Crippen LogP contribution in [-0.2, 0) is 26.5 Å². The van der Waals surface area contributed by atoms with Crippen molar-refractivity contribution >= 4 is 21.9 Å². The van der Waals surface area contributed by atoms with Crippen molar-refractivity contribution in [1.82, 2.24) is 9.97 Å². The summed E-state index contributed by atoms with van der Waals surface area (Å²) in [5, 5.41) is 2.00. The molecule has 4 aromatic carbocycles. The Bertz CT molecular complexity index is 2130. The van der Waals surface area contributed by atoms with Crippen LogP contribution in [0.5, 0.6) is 0 Å². The molecule has 0 bridgehead atoms. The molecule has 3 aromatic heterocycles. The third-order valence-electron chi connectivity index (χ3n) is 6.56. The van der Waals surface area contributed by atoms with Gasteiger partial charge >= 0.3 is 0 Å². The Labute approximate surface area is 270 Å². The fourth-order valence-electron chi connectivity index (χ4n) is 4.66. The van der Waals surface area contributed by atoms with Crippen LogP contribution in [0.2, 0.25) is 0 Å². The number of nitrogens with zero attached hydrogens (tertiary/aromatic N) is 2. The van der Waals surface area contributed by atoms with Crippen LogP contribution in [0.25, 0.3) is 55.6 Å². The van der Waals surface area contributed by atoms with Crippen molar-refractivity contribution in [3.8, 4) is 33.6 Å². The second-order valence-electron chi connectivity index (χ2n) is 9.97. The molecule has 5 heteroatoms. The van der Waals surface area contributed by atoms with E-state index in [0.29, 0.717) is 28.0 Å². The van der Waals surface area contributed by atoms with E-state index in [9.17, 15) is 4.39 Å². The van der Waals surface area contributed by atoms with Crippen molar-refractivity contribution in [3.63, 3.8) is 0 Å². The van der Waals surface area contributed by atoms with Crippen LogP contribution in [0.1, 0.15) is 24.9 Å². The summed E-state index contributed by atoms with van der Waals surface area (Å²) in [7, 11) is 0. The first-order valence-corrected chi connectivity index (χ1v) is 13.6. The monoisotopic (exact) mass is 745 g/mol. The summed E-state index contributed by atoms with van der Waals surface area (Å²) in [6.07, 6.45) is 1.74. The number of benzene rings is 4. The summed E-state index contributed by atoms with van der Waals surface area (Å²) in [5.74, 6) is -0.547. The Kier molecular flexibility index (Phi) is 7.99. The maximum absolute atomic E-state index is 12.6. The molecule has 7 aromatic rings. The van der Waals surface area contributed by atoms with Gasteiger partial charge in [-0.2, -0.15) is 0 Å². The molecule has 7 rings (SSSR count). The summed E-state index contributed by atoms with van der Waals surface area (Å²) < 4.78 is 52.5. The van der Waals surface area contributed by atoms with Crippen molar-refractivity contribution in [2.45, 2.75) is 20.2 Å². The summed E-state index contributed by atoms with van der Waals surface area (Å²) in [6.45, 7) is 3.59. The zero-order valence-electron chi connectivity index (χ0n) is 27.5. The predicted octanol–water partition coefficient (Wildman–Crippen LogP) is 10.00. The van der Waals surface area contributed by atoms with Crippen LogP contribution in [0.4, 0.5) is 4.39 Å². The van der Waals surface area contributed by atoms with Gasteiger partial charge in [0.1, 0.15) is 5.58 Å². The van der Waals surface area contributed by atoms with Crippen LogP contribution < -0.4 is 0 Å². The third kappa shape index (κ3) is 6.97. The Hall–Kier alpha value is -4.44. The molecule has 215 valence electrons. The topological polar surface area (TPSA) is 38.9 Å². The van der Waals surface area contributed by atoms with Gasteiger partial charge in [0, 0.05) is 46.4 Å². The molecule has 0 aliphatic carbocycles. The van der Waals surface area contributed by atoms with Gasteiger partial charge in [-0.3, -0.25) is 4.39 Å². The van der Waals surface area contributed by atoms with E-state index in [0.717, 1.165) is 33.2 Å². The van der Waals surface area contributed by atoms with Crippen molar-refractivity contribution in [1.29, 1.82) is 0 Å². The molecular weight excluding hydrogens is 712 g/mol. The fourth-order valence-corrected chi connectivity index (χ4v) is 4.66. The quantitative estimate of drug-likeness (QED) is 0.165. The van der Waals surface area contributed by atoms with E-state index < -0.39 is 6.37 Å². The largest absolute Gasteiger partial charge is 0.501 e. The number of para-hydroxylation sites is 1. The van der Waals surface area contributed by atoms with Crippen molar-refractivity contribution in [2.75, 3.05) is 0 Å². The first kappa shape index (κ1) is 25.1. The van der Waals surface area contributed by atoms with Gasteiger partial charge in [0.25, 0.3) is 0 Å². The number of furan rings is 1. The summed E-state index contributed by atoms with van der Waals surface area (Å²) in [5.41, 5.74) is 5.93. The smallest absolute Gasteiger partial charge is 0.120 e. The molecule has 0 fully saturated rings. The molecule has 0 saturated carbocycles. The fraction of sp³-hybridized carbons (Fsp3) is 0.105. The minimum Gasteiger partial charge on any atom is -0.501 e. The van der Waals surface area contributed by atoms with Gasteiger partial charge < -0.3 is 14.4 Å². The van der Waals surface area contributed by atoms with E-state index in [-0.39, 0.29) is 43.9 Å². The average Bonchev–Trinajstić information content (AvgIpc) is 3.44. The molecule has 0 aliphatic heterocycles. The zero-order valence-corrected chi connectivity index (χ0v) is 25.9. The van der Waals surface area contributed by atoms with E-state index in [4.69, 9.17) is 9.90 Å². The molecule has 43 heavy (non-hydrogen) atoms. The minimum atomic E-state index is -1.61. The van der Waals surface area contributed by atoms with E-state index in [1.165, 1.54) is 24.3 Å². The molecule has 0 atom stereocenters. The summed E-state index contributed by atoms with van der Waals surface area (Å²) in [6, 6.07) is 34.6. The van der Waals surface area contributed by atoms with Gasteiger partial charge in [-0.1, -0.05) is 85.4 Å². The predicted molar refractivity (Wildman–Crippen MR) is 168 cm³/mol. The zero-order chi connectivity index (χ0) is 32.4. The Morgan fingerprint density at radius 2 is 1.63 bits per heavy atom. The summed E-state index contributed by atoms with van der Waals surface area (Å²) >= 11 is 0. The second-order valence-corrected chi connectivity index (χ2v) is 9.97. The van der Waals surface area contributed by atoms with Crippen LogP contribution in [0, 0.1) is 23.9 Å². The minimum absolute atomic E-state index is 0. The molecular formula is C38H29FIrN2O-2. The molecule has 0 unspecified atom stereocenters. The van der Waals surface area contributed by atoms with E-state index in [2.05, 4.69) is 22.1 Å². The average molecular weight is 745 g/mol.